The highest BCUT2D eigenvalue weighted by Gasteiger charge is 2.12. The molecule has 126 valence electrons. The molecule has 3 aromatic rings. The molecule has 2 aromatic carbocycles. The Labute approximate surface area is 147 Å². The first-order chi connectivity index (χ1) is 12.2. The van der Waals surface area contributed by atoms with Crippen LogP contribution in [0.1, 0.15) is 11.1 Å². The molecule has 1 N–H and O–H groups in total. The van der Waals surface area contributed by atoms with E-state index >= 15 is 0 Å². The first-order valence-corrected chi connectivity index (χ1v) is 7.89. The van der Waals surface area contributed by atoms with Gasteiger partial charge < -0.3 is 14.6 Å². The van der Waals surface area contributed by atoms with Gasteiger partial charge >= 0.3 is 0 Å². The largest absolute Gasteiger partial charge is 0.507 e. The number of aromatic hydroxyl groups is 1. The predicted molar refractivity (Wildman–Crippen MR) is 98.8 cm³/mol. The maximum absolute atomic E-state index is 9.91. The van der Waals surface area contributed by atoms with Crippen LogP contribution in [0.5, 0.6) is 17.2 Å². The second-order valence-electron chi connectivity index (χ2n) is 5.39. The van der Waals surface area contributed by atoms with Crippen LogP contribution in [0.2, 0.25) is 0 Å². The predicted octanol–water partition coefficient (Wildman–Crippen LogP) is 4.68. The second-order valence-corrected chi connectivity index (χ2v) is 5.39. The third-order valence-electron chi connectivity index (χ3n) is 3.88. The van der Waals surface area contributed by atoms with Crippen molar-refractivity contribution in [1.82, 2.24) is 4.98 Å². The molecule has 0 fully saturated rings. The summed E-state index contributed by atoms with van der Waals surface area (Å²) in [6.07, 6.45) is 3.32. The Morgan fingerprint density at radius 2 is 1.84 bits per heavy atom. The zero-order chi connectivity index (χ0) is 17.6. The van der Waals surface area contributed by atoms with Gasteiger partial charge in [0.2, 0.25) is 0 Å². The molecule has 25 heavy (non-hydrogen) atoms. The number of phenols is 1. The van der Waals surface area contributed by atoms with Crippen LogP contribution in [0.15, 0.2) is 67.4 Å². The van der Waals surface area contributed by atoms with Gasteiger partial charge in [0, 0.05) is 17.3 Å². The minimum Gasteiger partial charge on any atom is -0.507 e. The highest BCUT2D eigenvalue weighted by Crippen LogP contribution is 2.32. The number of methoxy groups -OCH3 is 1. The van der Waals surface area contributed by atoms with Crippen molar-refractivity contribution in [2.75, 3.05) is 7.11 Å². The number of hydrogen-bond acceptors (Lipinski definition) is 4. The summed E-state index contributed by atoms with van der Waals surface area (Å²) >= 11 is 0. The van der Waals surface area contributed by atoms with Crippen molar-refractivity contribution >= 4 is 6.08 Å². The summed E-state index contributed by atoms with van der Waals surface area (Å²) in [5.74, 6) is 1.47. The third kappa shape index (κ3) is 3.48. The van der Waals surface area contributed by atoms with Crippen LogP contribution in [0.3, 0.4) is 0 Å². The Hall–Kier alpha value is -3.27. The lowest BCUT2D eigenvalue weighted by atomic mass is 10.1. The monoisotopic (exact) mass is 333 g/mol. The molecular weight excluding hydrogens is 314 g/mol. The molecule has 4 heteroatoms. The SMILES string of the molecule is C=Cc1c(O)cccc1OCc1cccnc1-c1ccccc1OC. The van der Waals surface area contributed by atoms with Crippen molar-refractivity contribution in [3.8, 4) is 28.5 Å². The summed E-state index contributed by atoms with van der Waals surface area (Å²) in [5.41, 5.74) is 3.21. The van der Waals surface area contributed by atoms with Crippen molar-refractivity contribution in [1.29, 1.82) is 0 Å². The van der Waals surface area contributed by atoms with Gasteiger partial charge in [-0.05, 0) is 30.3 Å². The molecule has 0 radical (unpaired) electrons. The lowest BCUT2D eigenvalue weighted by molar-refractivity contribution is 0.303. The van der Waals surface area contributed by atoms with Crippen molar-refractivity contribution in [3.63, 3.8) is 0 Å². The van der Waals surface area contributed by atoms with Gasteiger partial charge in [0.1, 0.15) is 23.9 Å². The van der Waals surface area contributed by atoms with Gasteiger partial charge in [-0.3, -0.25) is 4.98 Å². The van der Waals surface area contributed by atoms with Crippen LogP contribution in [0.4, 0.5) is 0 Å². The van der Waals surface area contributed by atoms with Gasteiger partial charge in [0.05, 0.1) is 18.4 Å². The van der Waals surface area contributed by atoms with Crippen LogP contribution in [0, 0.1) is 0 Å². The molecule has 0 saturated carbocycles. The Morgan fingerprint density at radius 3 is 2.64 bits per heavy atom. The van der Waals surface area contributed by atoms with Gasteiger partial charge in [-0.2, -0.15) is 0 Å². The van der Waals surface area contributed by atoms with Crippen molar-refractivity contribution < 1.29 is 14.6 Å². The number of aromatic nitrogens is 1. The van der Waals surface area contributed by atoms with Crippen molar-refractivity contribution in [2.24, 2.45) is 0 Å². The molecule has 0 bridgehead atoms. The van der Waals surface area contributed by atoms with Crippen LogP contribution in [-0.4, -0.2) is 17.2 Å². The summed E-state index contributed by atoms with van der Waals surface area (Å²) in [6.45, 7) is 4.04. The van der Waals surface area contributed by atoms with Crippen LogP contribution >= 0.6 is 0 Å². The Kier molecular flexibility index (Phi) is 5.00. The maximum atomic E-state index is 9.91. The van der Waals surface area contributed by atoms with E-state index in [2.05, 4.69) is 11.6 Å². The number of ether oxygens (including phenoxy) is 2. The summed E-state index contributed by atoms with van der Waals surface area (Å²) < 4.78 is 11.4. The molecule has 1 heterocycles. The quantitative estimate of drug-likeness (QED) is 0.711. The summed E-state index contributed by atoms with van der Waals surface area (Å²) in [6, 6.07) is 16.7. The van der Waals surface area contributed by atoms with E-state index in [4.69, 9.17) is 9.47 Å². The highest BCUT2D eigenvalue weighted by atomic mass is 16.5. The number of hydrogen-bond donors (Lipinski definition) is 1. The first-order valence-electron chi connectivity index (χ1n) is 7.89. The normalized spacial score (nSPS) is 10.3. The van der Waals surface area contributed by atoms with Crippen LogP contribution in [0.25, 0.3) is 17.3 Å². The van der Waals surface area contributed by atoms with E-state index in [1.54, 1.807) is 37.6 Å². The van der Waals surface area contributed by atoms with E-state index in [1.807, 2.05) is 36.4 Å². The minimum absolute atomic E-state index is 0.142. The zero-order valence-electron chi connectivity index (χ0n) is 14.0. The summed E-state index contributed by atoms with van der Waals surface area (Å²) in [7, 11) is 1.64. The minimum atomic E-state index is 0.142. The highest BCUT2D eigenvalue weighted by molar-refractivity contribution is 5.70. The molecule has 1 aromatic heterocycles. The standard InChI is InChI=1S/C21H19NO3/c1-3-16-18(23)10-6-12-20(16)25-14-15-8-7-13-22-21(15)17-9-4-5-11-19(17)24-2/h3-13,23H,1,14H2,2H3. The van der Waals surface area contributed by atoms with E-state index in [0.717, 1.165) is 22.6 Å². The molecule has 0 unspecified atom stereocenters. The number of rotatable bonds is 6. The Bertz CT molecular complexity index is 890. The molecule has 0 spiro atoms. The Balaban J connectivity index is 1.93. The fourth-order valence-corrected chi connectivity index (χ4v) is 2.66. The molecule has 0 atom stereocenters. The van der Waals surface area contributed by atoms with E-state index in [-0.39, 0.29) is 5.75 Å². The average molecular weight is 333 g/mol. The maximum Gasteiger partial charge on any atom is 0.130 e. The van der Waals surface area contributed by atoms with Gasteiger partial charge in [0.15, 0.2) is 0 Å². The first kappa shape index (κ1) is 16.6. The van der Waals surface area contributed by atoms with Crippen molar-refractivity contribution in [3.05, 3.63) is 78.5 Å². The third-order valence-corrected chi connectivity index (χ3v) is 3.88. The smallest absolute Gasteiger partial charge is 0.130 e. The van der Waals surface area contributed by atoms with Crippen molar-refractivity contribution in [2.45, 2.75) is 6.61 Å². The molecule has 0 aliphatic carbocycles. The van der Waals surface area contributed by atoms with Crippen LogP contribution < -0.4 is 9.47 Å². The molecule has 0 saturated heterocycles. The van der Waals surface area contributed by atoms with Gasteiger partial charge in [-0.15, -0.1) is 0 Å². The number of nitrogens with zero attached hydrogens (tertiary/aromatic N) is 1. The number of pyridine rings is 1. The van der Waals surface area contributed by atoms with Gasteiger partial charge in [-0.25, -0.2) is 0 Å². The van der Waals surface area contributed by atoms with E-state index < -0.39 is 0 Å². The summed E-state index contributed by atoms with van der Waals surface area (Å²) in [4.78, 5) is 4.50. The molecule has 0 aliphatic heterocycles. The lowest BCUT2D eigenvalue weighted by Crippen LogP contribution is -2.01. The number of para-hydroxylation sites is 1. The molecular formula is C21H19NO3. The van der Waals surface area contributed by atoms with E-state index in [9.17, 15) is 5.11 Å². The number of phenolic OH excluding ortho intramolecular Hbond substituents is 1. The topological polar surface area (TPSA) is 51.6 Å². The Morgan fingerprint density at radius 1 is 1.04 bits per heavy atom. The molecule has 3 rings (SSSR count). The van der Waals surface area contributed by atoms with Gasteiger partial charge in [0.25, 0.3) is 0 Å². The fourth-order valence-electron chi connectivity index (χ4n) is 2.66. The average Bonchev–Trinajstić information content (AvgIpc) is 2.66. The van der Waals surface area contributed by atoms with Crippen LogP contribution in [-0.2, 0) is 6.61 Å². The molecule has 4 nitrogen and oxygen atoms in total. The second kappa shape index (κ2) is 7.53. The molecule has 0 amide bonds. The van der Waals surface area contributed by atoms with Gasteiger partial charge in [-0.1, -0.05) is 36.9 Å². The van der Waals surface area contributed by atoms with E-state index in [1.165, 1.54) is 0 Å². The van der Waals surface area contributed by atoms with E-state index in [0.29, 0.717) is 17.9 Å². The fraction of sp³-hybridized carbons (Fsp3) is 0.0952. The molecule has 0 aliphatic rings. The zero-order valence-corrected chi connectivity index (χ0v) is 14.0. The summed E-state index contributed by atoms with van der Waals surface area (Å²) in [5, 5.41) is 9.91. The number of benzene rings is 2. The lowest BCUT2D eigenvalue weighted by Gasteiger charge is -2.14.